The van der Waals surface area contributed by atoms with Crippen molar-refractivity contribution in [3.63, 3.8) is 0 Å². The molecular formula is C24H21N3O2S2. The van der Waals surface area contributed by atoms with E-state index in [1.165, 1.54) is 22.2 Å². The Labute approximate surface area is 189 Å². The lowest BCUT2D eigenvalue weighted by Crippen LogP contribution is -2.03. The summed E-state index contributed by atoms with van der Waals surface area (Å²) in [4.78, 5) is 12.7. The molecule has 0 amide bonds. The first kappa shape index (κ1) is 21.2. The van der Waals surface area contributed by atoms with Gasteiger partial charge in [0.15, 0.2) is 5.16 Å². The maximum atomic E-state index is 11.5. The van der Waals surface area contributed by atoms with Crippen LogP contribution < -0.4 is 0 Å². The number of hydrogen-bond donors (Lipinski definition) is 1. The summed E-state index contributed by atoms with van der Waals surface area (Å²) in [5.74, 6) is 1.11. The highest BCUT2D eigenvalue weighted by molar-refractivity contribution is 7.98. The van der Waals surface area contributed by atoms with E-state index in [9.17, 15) is 9.90 Å². The fraction of sp³-hybridized carbons (Fsp3) is 0.125. The highest BCUT2D eigenvalue weighted by atomic mass is 32.2. The molecule has 0 aliphatic rings. The number of aryl methyl sites for hydroxylation is 1. The van der Waals surface area contributed by atoms with E-state index in [4.69, 9.17) is 0 Å². The van der Waals surface area contributed by atoms with Gasteiger partial charge in [-0.05, 0) is 42.8 Å². The summed E-state index contributed by atoms with van der Waals surface area (Å²) in [6.45, 7) is 2.08. The number of aromatic carboxylic acids is 1. The summed E-state index contributed by atoms with van der Waals surface area (Å²) < 4.78 is 2.05. The van der Waals surface area contributed by atoms with Gasteiger partial charge in [0.2, 0.25) is 0 Å². The molecule has 5 nitrogen and oxygen atoms in total. The molecule has 4 aromatic rings. The number of carbonyl (C=O) groups is 1. The molecule has 0 saturated heterocycles. The summed E-state index contributed by atoms with van der Waals surface area (Å²) in [6, 6.07) is 25.5. The number of benzene rings is 3. The summed E-state index contributed by atoms with van der Waals surface area (Å²) >= 11 is 3.20. The van der Waals surface area contributed by atoms with Crippen molar-refractivity contribution in [1.29, 1.82) is 0 Å². The molecular weight excluding hydrogens is 426 g/mol. The van der Waals surface area contributed by atoms with Crippen LogP contribution in [0.25, 0.3) is 5.69 Å². The van der Waals surface area contributed by atoms with Crippen molar-refractivity contribution < 1.29 is 9.90 Å². The van der Waals surface area contributed by atoms with E-state index >= 15 is 0 Å². The van der Waals surface area contributed by atoms with Crippen LogP contribution >= 0.6 is 23.5 Å². The first-order valence-corrected chi connectivity index (χ1v) is 11.7. The van der Waals surface area contributed by atoms with Gasteiger partial charge in [-0.1, -0.05) is 65.9 Å². The summed E-state index contributed by atoms with van der Waals surface area (Å²) in [5.41, 5.74) is 3.30. The lowest BCUT2D eigenvalue weighted by atomic mass is 10.1. The number of nitrogens with zero attached hydrogens (tertiary/aromatic N) is 3. The molecule has 4 rings (SSSR count). The zero-order chi connectivity index (χ0) is 21.6. The van der Waals surface area contributed by atoms with Gasteiger partial charge in [-0.2, -0.15) is 0 Å². The molecule has 0 unspecified atom stereocenters. The molecule has 7 heteroatoms. The monoisotopic (exact) mass is 447 g/mol. The van der Waals surface area contributed by atoms with Gasteiger partial charge in [-0.3, -0.25) is 4.57 Å². The van der Waals surface area contributed by atoms with Crippen LogP contribution in [-0.4, -0.2) is 25.8 Å². The van der Waals surface area contributed by atoms with E-state index in [1.54, 1.807) is 23.9 Å². The average molecular weight is 448 g/mol. The van der Waals surface area contributed by atoms with Gasteiger partial charge >= 0.3 is 5.97 Å². The Morgan fingerprint density at radius 3 is 2.32 bits per heavy atom. The third kappa shape index (κ3) is 5.18. The highest BCUT2D eigenvalue weighted by Gasteiger charge is 2.16. The number of aromatic nitrogens is 3. The zero-order valence-corrected chi connectivity index (χ0v) is 18.6. The van der Waals surface area contributed by atoms with Gasteiger partial charge in [0.25, 0.3) is 0 Å². The molecule has 1 N–H and O–H groups in total. The van der Waals surface area contributed by atoms with Crippen molar-refractivity contribution in [2.75, 3.05) is 0 Å². The van der Waals surface area contributed by atoms with Crippen molar-refractivity contribution in [3.8, 4) is 5.69 Å². The molecule has 0 fully saturated rings. The van der Waals surface area contributed by atoms with Crippen LogP contribution in [0.3, 0.4) is 0 Å². The highest BCUT2D eigenvalue weighted by Crippen LogP contribution is 2.29. The molecule has 1 heterocycles. The summed E-state index contributed by atoms with van der Waals surface area (Å²) in [6.07, 6.45) is 0. The molecule has 3 aromatic carbocycles. The second-order valence-electron chi connectivity index (χ2n) is 6.92. The Morgan fingerprint density at radius 2 is 1.58 bits per heavy atom. The molecule has 1 aromatic heterocycles. The predicted molar refractivity (Wildman–Crippen MR) is 125 cm³/mol. The third-order valence-electron chi connectivity index (χ3n) is 4.71. The van der Waals surface area contributed by atoms with Gasteiger partial charge in [0, 0.05) is 16.3 Å². The largest absolute Gasteiger partial charge is 0.478 e. The Morgan fingerprint density at radius 1 is 0.871 bits per heavy atom. The van der Waals surface area contributed by atoms with E-state index in [2.05, 4.69) is 46.0 Å². The van der Waals surface area contributed by atoms with Gasteiger partial charge in [-0.25, -0.2) is 4.79 Å². The maximum absolute atomic E-state index is 11.5. The minimum absolute atomic E-state index is 0.316. The quantitative estimate of drug-likeness (QED) is 0.341. The molecule has 0 radical (unpaired) electrons. The average Bonchev–Trinajstić information content (AvgIpc) is 3.21. The van der Waals surface area contributed by atoms with E-state index in [0.717, 1.165) is 22.2 Å². The smallest absolute Gasteiger partial charge is 0.335 e. The number of carboxylic acid groups (broad SMARTS) is 1. The first-order valence-electron chi connectivity index (χ1n) is 9.75. The van der Waals surface area contributed by atoms with Gasteiger partial charge in [0.1, 0.15) is 5.82 Å². The fourth-order valence-corrected chi connectivity index (χ4v) is 4.89. The molecule has 0 bridgehead atoms. The first-order chi connectivity index (χ1) is 15.1. The Bertz CT molecular complexity index is 1180. The lowest BCUT2D eigenvalue weighted by molar-refractivity contribution is 0.0696. The van der Waals surface area contributed by atoms with Crippen molar-refractivity contribution in [2.45, 2.75) is 28.5 Å². The Kier molecular flexibility index (Phi) is 6.74. The molecule has 0 spiro atoms. The van der Waals surface area contributed by atoms with Crippen LogP contribution in [0, 0.1) is 6.92 Å². The van der Waals surface area contributed by atoms with Crippen LogP contribution in [0.5, 0.6) is 0 Å². The van der Waals surface area contributed by atoms with Crippen LogP contribution in [0.2, 0.25) is 0 Å². The zero-order valence-electron chi connectivity index (χ0n) is 16.9. The number of para-hydroxylation sites is 1. The predicted octanol–water partition coefficient (Wildman–Crippen LogP) is 5.86. The second kappa shape index (κ2) is 9.85. The van der Waals surface area contributed by atoms with Crippen LogP contribution in [0.4, 0.5) is 0 Å². The van der Waals surface area contributed by atoms with Gasteiger partial charge in [-0.15, -0.1) is 22.0 Å². The van der Waals surface area contributed by atoms with Crippen LogP contribution in [0.15, 0.2) is 88.9 Å². The summed E-state index contributed by atoms with van der Waals surface area (Å²) in [7, 11) is 0. The van der Waals surface area contributed by atoms with E-state index in [1.807, 2.05) is 42.5 Å². The minimum Gasteiger partial charge on any atom is -0.478 e. The van der Waals surface area contributed by atoms with Crippen molar-refractivity contribution in [1.82, 2.24) is 14.8 Å². The Balaban J connectivity index is 1.59. The lowest BCUT2D eigenvalue weighted by Gasteiger charge is -2.11. The molecule has 0 saturated carbocycles. The van der Waals surface area contributed by atoms with Crippen molar-refractivity contribution in [3.05, 3.63) is 101 Å². The fourth-order valence-electron chi connectivity index (χ4n) is 3.10. The standard InChI is InChI=1S/C24H21N3O2S2/c1-17-11-13-20(14-12-17)30-16-22-25-26-24(27(22)19-8-3-2-4-9-19)31-15-18-7-5-6-10-21(18)23(28)29/h2-14H,15-16H2,1H3,(H,28,29). The SMILES string of the molecule is Cc1ccc(SCc2nnc(SCc3ccccc3C(=O)O)n2-c2ccccc2)cc1. The van der Waals surface area contributed by atoms with Gasteiger partial charge in [0.05, 0.1) is 11.3 Å². The molecule has 0 aliphatic carbocycles. The number of carboxylic acids is 1. The third-order valence-corrected chi connectivity index (χ3v) is 6.69. The van der Waals surface area contributed by atoms with E-state index in [-0.39, 0.29) is 0 Å². The van der Waals surface area contributed by atoms with Crippen LogP contribution in [-0.2, 0) is 11.5 Å². The Hall–Kier alpha value is -3.03. The molecule has 156 valence electrons. The molecule has 0 atom stereocenters. The number of thioether (sulfide) groups is 2. The van der Waals surface area contributed by atoms with E-state index in [0.29, 0.717) is 17.1 Å². The topological polar surface area (TPSA) is 68.0 Å². The van der Waals surface area contributed by atoms with Crippen LogP contribution in [0.1, 0.15) is 27.3 Å². The molecule has 0 aliphatic heterocycles. The summed E-state index contributed by atoms with van der Waals surface area (Å²) in [5, 5.41) is 19.1. The number of hydrogen-bond acceptors (Lipinski definition) is 5. The van der Waals surface area contributed by atoms with E-state index < -0.39 is 5.97 Å². The van der Waals surface area contributed by atoms with Crippen molar-refractivity contribution in [2.24, 2.45) is 0 Å². The number of rotatable bonds is 8. The molecule has 31 heavy (non-hydrogen) atoms. The normalized spacial score (nSPS) is 10.9. The minimum atomic E-state index is -0.920. The van der Waals surface area contributed by atoms with Crippen molar-refractivity contribution >= 4 is 29.5 Å². The van der Waals surface area contributed by atoms with Gasteiger partial charge < -0.3 is 5.11 Å². The maximum Gasteiger partial charge on any atom is 0.335 e. The second-order valence-corrected chi connectivity index (χ2v) is 8.91.